The molecule has 2 aromatic rings. The summed E-state index contributed by atoms with van der Waals surface area (Å²) < 4.78 is 1.16. The molecule has 0 unspecified atom stereocenters. The van der Waals surface area contributed by atoms with Crippen LogP contribution in [0, 0.1) is 0 Å². The van der Waals surface area contributed by atoms with Crippen LogP contribution in [0.5, 0.6) is 0 Å². The van der Waals surface area contributed by atoms with E-state index in [0.29, 0.717) is 5.11 Å². The minimum atomic E-state index is 0.526. The molecule has 0 saturated heterocycles. The third kappa shape index (κ3) is 3.02. The Morgan fingerprint density at radius 3 is 2.94 bits per heavy atom. The maximum Gasteiger partial charge on any atom is 0.186 e. The number of nitrogens with zero attached hydrogens (tertiary/aromatic N) is 2. The highest BCUT2D eigenvalue weighted by molar-refractivity contribution is 7.80. The number of para-hydroxylation sites is 1. The van der Waals surface area contributed by atoms with Crippen LogP contribution in [0.2, 0.25) is 0 Å². The molecule has 6 heteroatoms. The van der Waals surface area contributed by atoms with E-state index in [9.17, 15) is 0 Å². The van der Waals surface area contributed by atoms with E-state index < -0.39 is 0 Å². The Bertz CT molecular complexity index is 556. The smallest absolute Gasteiger partial charge is 0.186 e. The summed E-state index contributed by atoms with van der Waals surface area (Å²) in [4.78, 5) is 4.52. The number of thiocarbonyl (C=S) groups is 1. The van der Waals surface area contributed by atoms with Crippen molar-refractivity contribution in [3.63, 3.8) is 0 Å². The van der Waals surface area contributed by atoms with Gasteiger partial charge in [0.25, 0.3) is 0 Å². The van der Waals surface area contributed by atoms with Crippen LogP contribution in [-0.4, -0.2) is 22.4 Å². The molecular formula is C12H14N4S2. The lowest BCUT2D eigenvalue weighted by atomic mass is 10.3. The molecule has 0 fully saturated rings. The van der Waals surface area contributed by atoms with Gasteiger partial charge < -0.3 is 5.32 Å². The second-order valence-electron chi connectivity index (χ2n) is 3.66. The van der Waals surface area contributed by atoms with Gasteiger partial charge in [0.05, 0.1) is 15.9 Å². The lowest BCUT2D eigenvalue weighted by molar-refractivity contribution is 0.900. The first kappa shape index (κ1) is 12.9. The summed E-state index contributed by atoms with van der Waals surface area (Å²) in [5.41, 5.74) is 4.63. The normalized spacial score (nSPS) is 11.6. The molecule has 94 valence electrons. The van der Waals surface area contributed by atoms with Gasteiger partial charge in [0.15, 0.2) is 5.11 Å². The van der Waals surface area contributed by atoms with Gasteiger partial charge in [-0.3, -0.25) is 5.43 Å². The van der Waals surface area contributed by atoms with E-state index in [4.69, 9.17) is 12.2 Å². The van der Waals surface area contributed by atoms with Crippen molar-refractivity contribution in [2.24, 2.45) is 5.10 Å². The van der Waals surface area contributed by atoms with Gasteiger partial charge in [-0.1, -0.05) is 12.1 Å². The van der Waals surface area contributed by atoms with Gasteiger partial charge in [0.2, 0.25) is 0 Å². The SMILES string of the molecule is CCNC(=S)N/N=C(/C)c1nc2ccccc2s1. The second kappa shape index (κ2) is 5.88. The van der Waals surface area contributed by atoms with Gasteiger partial charge in [-0.15, -0.1) is 11.3 Å². The minimum Gasteiger partial charge on any atom is -0.362 e. The van der Waals surface area contributed by atoms with Crippen molar-refractivity contribution >= 4 is 44.6 Å². The molecule has 0 aliphatic heterocycles. The number of thiazole rings is 1. The van der Waals surface area contributed by atoms with Crippen molar-refractivity contribution < 1.29 is 0 Å². The van der Waals surface area contributed by atoms with Crippen LogP contribution < -0.4 is 10.7 Å². The quantitative estimate of drug-likeness (QED) is 0.514. The van der Waals surface area contributed by atoms with Crippen LogP contribution in [-0.2, 0) is 0 Å². The van der Waals surface area contributed by atoms with Crippen molar-refractivity contribution in [1.29, 1.82) is 0 Å². The van der Waals surface area contributed by atoms with Crippen LogP contribution in [0.25, 0.3) is 10.2 Å². The molecule has 1 aromatic carbocycles. The highest BCUT2D eigenvalue weighted by Gasteiger charge is 2.05. The predicted molar refractivity (Wildman–Crippen MR) is 81.2 cm³/mol. The third-order valence-electron chi connectivity index (χ3n) is 2.27. The third-order valence-corrected chi connectivity index (χ3v) is 3.65. The van der Waals surface area contributed by atoms with Crippen molar-refractivity contribution in [3.05, 3.63) is 29.3 Å². The molecular weight excluding hydrogens is 264 g/mol. The molecule has 18 heavy (non-hydrogen) atoms. The topological polar surface area (TPSA) is 49.3 Å². The van der Waals surface area contributed by atoms with Crippen LogP contribution in [0.15, 0.2) is 29.4 Å². The summed E-state index contributed by atoms with van der Waals surface area (Å²) in [6.07, 6.45) is 0. The number of hydrogen-bond acceptors (Lipinski definition) is 4. The Morgan fingerprint density at radius 1 is 1.44 bits per heavy atom. The summed E-state index contributed by atoms with van der Waals surface area (Å²) >= 11 is 6.66. The molecule has 0 atom stereocenters. The lowest BCUT2D eigenvalue weighted by Gasteiger charge is -2.03. The zero-order chi connectivity index (χ0) is 13.0. The number of fused-ring (bicyclic) bond motifs is 1. The Labute approximate surface area is 115 Å². The highest BCUT2D eigenvalue weighted by Crippen LogP contribution is 2.21. The van der Waals surface area contributed by atoms with Crippen LogP contribution >= 0.6 is 23.6 Å². The number of aromatic nitrogens is 1. The monoisotopic (exact) mass is 278 g/mol. The van der Waals surface area contributed by atoms with Crippen molar-refractivity contribution in [1.82, 2.24) is 15.7 Å². The molecule has 0 aliphatic carbocycles. The van der Waals surface area contributed by atoms with E-state index in [1.807, 2.05) is 32.0 Å². The Morgan fingerprint density at radius 2 is 2.22 bits per heavy atom. The standard InChI is InChI=1S/C12H14N4S2/c1-3-13-12(17)16-15-8(2)11-14-9-6-4-5-7-10(9)18-11/h4-7H,3H2,1-2H3,(H2,13,16,17)/b15-8-. The van der Waals surface area contributed by atoms with Gasteiger partial charge in [0.1, 0.15) is 5.01 Å². The molecule has 1 heterocycles. The Balaban J connectivity index is 2.15. The molecule has 0 radical (unpaired) electrons. The van der Waals surface area contributed by atoms with Gasteiger partial charge in [-0.25, -0.2) is 4.98 Å². The average Bonchev–Trinajstić information content (AvgIpc) is 2.80. The lowest BCUT2D eigenvalue weighted by Crippen LogP contribution is -2.32. The molecule has 2 rings (SSSR count). The molecule has 0 bridgehead atoms. The molecule has 0 amide bonds. The molecule has 4 nitrogen and oxygen atoms in total. The van der Waals surface area contributed by atoms with E-state index in [1.54, 1.807) is 11.3 Å². The van der Waals surface area contributed by atoms with E-state index in [1.165, 1.54) is 0 Å². The maximum atomic E-state index is 5.04. The molecule has 0 saturated carbocycles. The van der Waals surface area contributed by atoms with Gasteiger partial charge in [-0.2, -0.15) is 5.10 Å². The predicted octanol–water partition coefficient (Wildman–Crippen LogP) is 2.50. The van der Waals surface area contributed by atoms with Crippen LogP contribution in [0.1, 0.15) is 18.9 Å². The van der Waals surface area contributed by atoms with E-state index in [2.05, 4.69) is 26.9 Å². The van der Waals surface area contributed by atoms with Gasteiger partial charge >= 0.3 is 0 Å². The van der Waals surface area contributed by atoms with Gasteiger partial charge in [-0.05, 0) is 38.2 Å². The van der Waals surface area contributed by atoms with E-state index in [-0.39, 0.29) is 0 Å². The number of benzene rings is 1. The zero-order valence-corrected chi connectivity index (χ0v) is 11.9. The summed E-state index contributed by atoms with van der Waals surface area (Å²) in [6.45, 7) is 4.68. The summed E-state index contributed by atoms with van der Waals surface area (Å²) in [6, 6.07) is 8.05. The fourth-order valence-corrected chi connectivity index (χ4v) is 2.51. The molecule has 0 spiro atoms. The number of hydrazone groups is 1. The zero-order valence-electron chi connectivity index (χ0n) is 10.2. The van der Waals surface area contributed by atoms with E-state index in [0.717, 1.165) is 27.5 Å². The molecule has 2 N–H and O–H groups in total. The van der Waals surface area contributed by atoms with Crippen LogP contribution in [0.3, 0.4) is 0 Å². The number of rotatable bonds is 3. The average molecular weight is 278 g/mol. The largest absolute Gasteiger partial charge is 0.362 e. The second-order valence-corrected chi connectivity index (χ2v) is 5.09. The first-order valence-electron chi connectivity index (χ1n) is 5.64. The fraction of sp³-hybridized carbons (Fsp3) is 0.250. The Hall–Kier alpha value is -1.53. The van der Waals surface area contributed by atoms with Crippen molar-refractivity contribution in [2.45, 2.75) is 13.8 Å². The minimum absolute atomic E-state index is 0.526. The highest BCUT2D eigenvalue weighted by atomic mass is 32.1. The van der Waals surface area contributed by atoms with Crippen molar-refractivity contribution in [2.75, 3.05) is 6.54 Å². The summed E-state index contributed by atoms with van der Waals surface area (Å²) in [7, 11) is 0. The first-order chi connectivity index (χ1) is 8.70. The number of hydrogen-bond donors (Lipinski definition) is 2. The van der Waals surface area contributed by atoms with E-state index >= 15 is 0 Å². The summed E-state index contributed by atoms with van der Waals surface area (Å²) in [5, 5.41) is 8.63. The Kier molecular flexibility index (Phi) is 4.22. The van der Waals surface area contributed by atoms with Crippen molar-refractivity contribution in [3.8, 4) is 0 Å². The molecule has 1 aromatic heterocycles. The number of nitrogens with one attached hydrogen (secondary N) is 2. The molecule has 0 aliphatic rings. The van der Waals surface area contributed by atoms with Gasteiger partial charge in [0, 0.05) is 6.54 Å². The van der Waals surface area contributed by atoms with Crippen LogP contribution in [0.4, 0.5) is 0 Å². The first-order valence-corrected chi connectivity index (χ1v) is 6.87. The maximum absolute atomic E-state index is 5.04. The fourth-order valence-electron chi connectivity index (χ4n) is 1.41. The summed E-state index contributed by atoms with van der Waals surface area (Å²) in [5.74, 6) is 0.